The SMILES string of the molecule is CC(Br)C(=O)NCc1noc(C(C)c2ccccc2)n1. The van der Waals surface area contributed by atoms with Gasteiger partial charge in [-0.15, -0.1) is 0 Å². The van der Waals surface area contributed by atoms with Crippen LogP contribution in [-0.4, -0.2) is 20.9 Å². The molecule has 5 nitrogen and oxygen atoms in total. The van der Waals surface area contributed by atoms with Gasteiger partial charge in [-0.25, -0.2) is 0 Å². The van der Waals surface area contributed by atoms with Gasteiger partial charge < -0.3 is 9.84 Å². The third-order valence-corrected chi connectivity index (χ3v) is 3.35. The second kappa shape index (κ2) is 6.65. The number of nitrogens with zero attached hydrogens (tertiary/aromatic N) is 2. The van der Waals surface area contributed by atoms with E-state index < -0.39 is 0 Å². The lowest BCUT2D eigenvalue weighted by Gasteiger charge is -2.05. The Hall–Kier alpha value is -1.69. The molecule has 1 amide bonds. The van der Waals surface area contributed by atoms with Crippen LogP contribution in [0.25, 0.3) is 0 Å². The van der Waals surface area contributed by atoms with Gasteiger partial charge in [-0.3, -0.25) is 4.79 Å². The van der Waals surface area contributed by atoms with Gasteiger partial charge in [-0.2, -0.15) is 4.98 Å². The number of hydrogen-bond donors (Lipinski definition) is 1. The normalized spacial score (nSPS) is 13.8. The average Bonchev–Trinajstić information content (AvgIpc) is 2.93. The van der Waals surface area contributed by atoms with Crippen LogP contribution in [-0.2, 0) is 11.3 Å². The van der Waals surface area contributed by atoms with Crippen LogP contribution >= 0.6 is 15.9 Å². The standard InChI is InChI=1S/C14H16BrN3O2/c1-9(11-6-4-3-5-7-11)14-17-12(18-20-14)8-16-13(19)10(2)15/h3-7,9-10H,8H2,1-2H3,(H,16,19). The van der Waals surface area contributed by atoms with Crippen molar-refractivity contribution < 1.29 is 9.32 Å². The number of carbonyl (C=O) groups is 1. The van der Waals surface area contributed by atoms with Crippen LogP contribution in [0.5, 0.6) is 0 Å². The van der Waals surface area contributed by atoms with E-state index in [2.05, 4.69) is 31.4 Å². The van der Waals surface area contributed by atoms with Crippen molar-refractivity contribution in [1.29, 1.82) is 0 Å². The molecule has 1 aromatic heterocycles. The minimum absolute atomic E-state index is 0.0308. The van der Waals surface area contributed by atoms with E-state index in [-0.39, 0.29) is 23.2 Å². The van der Waals surface area contributed by atoms with E-state index in [0.717, 1.165) is 5.56 Å². The molecular weight excluding hydrogens is 322 g/mol. The van der Waals surface area contributed by atoms with Crippen molar-refractivity contribution in [3.8, 4) is 0 Å². The number of carbonyl (C=O) groups excluding carboxylic acids is 1. The zero-order valence-corrected chi connectivity index (χ0v) is 12.9. The molecule has 2 aromatic rings. The monoisotopic (exact) mass is 337 g/mol. The molecule has 0 bridgehead atoms. The number of alkyl halides is 1. The Morgan fingerprint density at radius 2 is 2.05 bits per heavy atom. The highest BCUT2D eigenvalue weighted by Gasteiger charge is 2.16. The molecule has 1 heterocycles. The maximum Gasteiger partial charge on any atom is 0.233 e. The molecule has 2 unspecified atom stereocenters. The molecule has 0 aliphatic heterocycles. The highest BCUT2D eigenvalue weighted by molar-refractivity contribution is 9.10. The lowest BCUT2D eigenvalue weighted by molar-refractivity contribution is -0.120. The zero-order valence-electron chi connectivity index (χ0n) is 11.3. The Morgan fingerprint density at radius 1 is 1.35 bits per heavy atom. The van der Waals surface area contributed by atoms with Gasteiger partial charge in [0.05, 0.1) is 17.3 Å². The third-order valence-electron chi connectivity index (χ3n) is 2.94. The first-order valence-electron chi connectivity index (χ1n) is 6.37. The quantitative estimate of drug-likeness (QED) is 0.851. The first kappa shape index (κ1) is 14.7. The fourth-order valence-corrected chi connectivity index (χ4v) is 1.87. The van der Waals surface area contributed by atoms with Crippen LogP contribution in [0.4, 0.5) is 0 Å². The van der Waals surface area contributed by atoms with Crippen molar-refractivity contribution in [2.45, 2.75) is 31.1 Å². The number of aromatic nitrogens is 2. The average molecular weight is 338 g/mol. The largest absolute Gasteiger partial charge is 0.348 e. The van der Waals surface area contributed by atoms with Crippen LogP contribution in [0.15, 0.2) is 34.9 Å². The summed E-state index contributed by atoms with van der Waals surface area (Å²) in [5.41, 5.74) is 1.11. The second-order valence-corrected chi connectivity index (χ2v) is 5.89. The Balaban J connectivity index is 2.00. The molecule has 20 heavy (non-hydrogen) atoms. The smallest absolute Gasteiger partial charge is 0.233 e. The molecule has 0 spiro atoms. The molecule has 106 valence electrons. The van der Waals surface area contributed by atoms with Gasteiger partial charge in [0.2, 0.25) is 11.8 Å². The van der Waals surface area contributed by atoms with Crippen molar-refractivity contribution in [2.24, 2.45) is 0 Å². The van der Waals surface area contributed by atoms with E-state index in [0.29, 0.717) is 11.7 Å². The Bertz CT molecular complexity index is 569. The number of benzene rings is 1. The summed E-state index contributed by atoms with van der Waals surface area (Å²) in [6.07, 6.45) is 0. The molecule has 0 saturated heterocycles. The van der Waals surface area contributed by atoms with E-state index >= 15 is 0 Å². The molecule has 0 fully saturated rings. The number of halogens is 1. The second-order valence-electron chi connectivity index (χ2n) is 4.52. The van der Waals surface area contributed by atoms with Gasteiger partial charge in [-0.1, -0.05) is 51.4 Å². The first-order chi connectivity index (χ1) is 9.58. The maximum atomic E-state index is 11.4. The van der Waals surface area contributed by atoms with Gasteiger partial charge in [0.1, 0.15) is 0 Å². The topological polar surface area (TPSA) is 68.0 Å². The third kappa shape index (κ3) is 3.66. The minimum atomic E-state index is -0.239. The lowest BCUT2D eigenvalue weighted by atomic mass is 10.0. The molecule has 2 atom stereocenters. The zero-order chi connectivity index (χ0) is 14.5. The molecule has 1 aromatic carbocycles. The Morgan fingerprint density at radius 3 is 2.70 bits per heavy atom. The summed E-state index contributed by atoms with van der Waals surface area (Å²) in [6.45, 7) is 4.03. The minimum Gasteiger partial charge on any atom is -0.348 e. The number of amides is 1. The van der Waals surface area contributed by atoms with Gasteiger partial charge in [-0.05, 0) is 19.4 Å². The molecule has 2 rings (SSSR count). The summed E-state index contributed by atoms with van der Waals surface area (Å²) in [5, 5.41) is 6.60. The van der Waals surface area contributed by atoms with Gasteiger partial charge in [0.15, 0.2) is 5.82 Å². The van der Waals surface area contributed by atoms with Crippen molar-refractivity contribution >= 4 is 21.8 Å². The molecular formula is C14H16BrN3O2. The number of rotatable bonds is 5. The highest BCUT2D eigenvalue weighted by atomic mass is 79.9. The Kier molecular flexibility index (Phi) is 4.89. The van der Waals surface area contributed by atoms with Crippen LogP contribution in [0.2, 0.25) is 0 Å². The van der Waals surface area contributed by atoms with E-state index in [1.54, 1.807) is 6.92 Å². The van der Waals surface area contributed by atoms with E-state index in [9.17, 15) is 4.79 Å². The van der Waals surface area contributed by atoms with E-state index in [1.165, 1.54) is 0 Å². The first-order valence-corrected chi connectivity index (χ1v) is 7.28. The molecule has 6 heteroatoms. The summed E-state index contributed by atoms with van der Waals surface area (Å²) in [6, 6.07) is 9.94. The van der Waals surface area contributed by atoms with Crippen molar-refractivity contribution in [3.63, 3.8) is 0 Å². The summed E-state index contributed by atoms with van der Waals surface area (Å²) in [4.78, 5) is 15.5. The van der Waals surface area contributed by atoms with Crippen LogP contribution in [0, 0.1) is 0 Å². The molecule has 1 N–H and O–H groups in total. The maximum absolute atomic E-state index is 11.4. The molecule has 0 aliphatic carbocycles. The fraction of sp³-hybridized carbons (Fsp3) is 0.357. The summed E-state index contributed by atoms with van der Waals surface area (Å²) < 4.78 is 5.25. The highest BCUT2D eigenvalue weighted by Crippen LogP contribution is 2.21. The Labute approximate surface area is 125 Å². The van der Waals surface area contributed by atoms with Gasteiger partial charge in [0, 0.05) is 0 Å². The van der Waals surface area contributed by atoms with E-state index in [1.807, 2.05) is 37.3 Å². The lowest BCUT2D eigenvalue weighted by Crippen LogP contribution is -2.29. The van der Waals surface area contributed by atoms with Crippen LogP contribution < -0.4 is 5.32 Å². The van der Waals surface area contributed by atoms with Crippen LogP contribution in [0.3, 0.4) is 0 Å². The predicted molar refractivity (Wildman–Crippen MR) is 78.5 cm³/mol. The van der Waals surface area contributed by atoms with Crippen molar-refractivity contribution in [1.82, 2.24) is 15.5 Å². The molecule has 0 radical (unpaired) electrons. The van der Waals surface area contributed by atoms with Gasteiger partial charge in [0.25, 0.3) is 0 Å². The fourth-order valence-electron chi connectivity index (χ4n) is 1.71. The van der Waals surface area contributed by atoms with Crippen molar-refractivity contribution in [3.05, 3.63) is 47.6 Å². The number of hydrogen-bond acceptors (Lipinski definition) is 4. The molecule has 0 saturated carbocycles. The van der Waals surface area contributed by atoms with Gasteiger partial charge >= 0.3 is 0 Å². The molecule has 0 aliphatic rings. The summed E-state index contributed by atoms with van der Waals surface area (Å²) >= 11 is 3.20. The summed E-state index contributed by atoms with van der Waals surface area (Å²) in [7, 11) is 0. The summed E-state index contributed by atoms with van der Waals surface area (Å²) in [5.74, 6) is 0.951. The van der Waals surface area contributed by atoms with Crippen LogP contribution in [0.1, 0.15) is 37.0 Å². The predicted octanol–water partition coefficient (Wildman–Crippen LogP) is 2.62. The van der Waals surface area contributed by atoms with E-state index in [4.69, 9.17) is 4.52 Å². The van der Waals surface area contributed by atoms with Crippen molar-refractivity contribution in [2.75, 3.05) is 0 Å². The number of nitrogens with one attached hydrogen (secondary N) is 1.